The van der Waals surface area contributed by atoms with Crippen molar-refractivity contribution < 1.29 is 29.2 Å². The number of para-hydroxylation sites is 1. The molecule has 6 aromatic rings. The SMILES string of the molecule is Cn1nc(COc2ccc(NCCO)cc2)c2c1COCCCCn1c(C(=O)O)c(CCCOc3cccc4ccccc34)c3cccc-2c31. The van der Waals surface area contributed by atoms with E-state index in [0.717, 1.165) is 74.0 Å². The zero-order valence-electron chi connectivity index (χ0n) is 28.2. The van der Waals surface area contributed by atoms with Crippen LogP contribution in [0.25, 0.3) is 32.8 Å². The van der Waals surface area contributed by atoms with Crippen molar-refractivity contribution in [1.29, 1.82) is 0 Å². The van der Waals surface area contributed by atoms with Crippen LogP contribution in [0, 0.1) is 0 Å². The molecule has 1 aliphatic rings. The van der Waals surface area contributed by atoms with Crippen LogP contribution in [0.3, 0.4) is 0 Å². The zero-order chi connectivity index (χ0) is 34.5. The molecule has 2 aromatic heterocycles. The van der Waals surface area contributed by atoms with Crippen molar-refractivity contribution in [3.05, 3.63) is 108 Å². The van der Waals surface area contributed by atoms with Gasteiger partial charge in [-0.25, -0.2) is 4.79 Å². The van der Waals surface area contributed by atoms with Crippen LogP contribution in [0.2, 0.25) is 0 Å². The fourth-order valence-electron chi connectivity index (χ4n) is 7.02. The number of hydrogen-bond acceptors (Lipinski definition) is 7. The highest BCUT2D eigenvalue weighted by Gasteiger charge is 2.28. The number of nitrogens with one attached hydrogen (secondary N) is 1. The molecule has 3 N–H and O–H groups in total. The van der Waals surface area contributed by atoms with Gasteiger partial charge in [0, 0.05) is 54.3 Å². The number of hydrogen-bond donors (Lipinski definition) is 3. The molecule has 0 atom stereocenters. The largest absolute Gasteiger partial charge is 0.493 e. The highest BCUT2D eigenvalue weighted by Crippen LogP contribution is 2.39. The molecule has 0 fully saturated rings. The molecular weight excluding hydrogens is 632 g/mol. The van der Waals surface area contributed by atoms with E-state index in [9.17, 15) is 9.90 Å². The first kappa shape index (κ1) is 33.2. The van der Waals surface area contributed by atoms with Gasteiger partial charge >= 0.3 is 5.97 Å². The molecule has 50 heavy (non-hydrogen) atoms. The van der Waals surface area contributed by atoms with Gasteiger partial charge < -0.3 is 34.3 Å². The molecule has 0 radical (unpaired) electrons. The average molecular weight is 675 g/mol. The molecule has 10 nitrogen and oxygen atoms in total. The number of aryl methyl sites for hydroxylation is 3. The standard InChI is InChI=1S/C40H42N4O6/c1-43-35-26-48-23-5-4-21-44-38-31(32(39(44)40(46)47)14-8-24-49-36-15-6-10-27-9-2-3-11-30(27)36)12-7-13-33(38)37(35)34(42-43)25-50-29-18-16-28(17-19-29)41-20-22-45/h2-3,6-7,9-13,15-19,41,45H,4-5,8,14,20-26H2,1H3,(H,46,47). The summed E-state index contributed by atoms with van der Waals surface area (Å²) in [5, 5.41) is 31.0. The summed E-state index contributed by atoms with van der Waals surface area (Å²) in [6, 6.07) is 27.9. The Balaban J connectivity index is 1.23. The van der Waals surface area contributed by atoms with Gasteiger partial charge in [0.05, 0.1) is 31.0 Å². The number of carbonyl (C=O) groups is 1. The lowest BCUT2D eigenvalue weighted by molar-refractivity contribution is 0.0683. The number of ether oxygens (including phenoxy) is 3. The van der Waals surface area contributed by atoms with Crippen LogP contribution >= 0.6 is 0 Å². The van der Waals surface area contributed by atoms with E-state index in [1.54, 1.807) is 0 Å². The number of aromatic nitrogens is 3. The predicted molar refractivity (Wildman–Crippen MR) is 194 cm³/mol. The summed E-state index contributed by atoms with van der Waals surface area (Å²) in [7, 11) is 1.91. The number of anilines is 1. The highest BCUT2D eigenvalue weighted by atomic mass is 16.5. The van der Waals surface area contributed by atoms with E-state index in [2.05, 4.69) is 29.6 Å². The van der Waals surface area contributed by atoms with Gasteiger partial charge in [0.1, 0.15) is 29.5 Å². The minimum Gasteiger partial charge on any atom is -0.493 e. The molecule has 1 aliphatic heterocycles. The fourth-order valence-corrected chi connectivity index (χ4v) is 7.02. The summed E-state index contributed by atoms with van der Waals surface area (Å²) in [5.41, 5.74) is 6.42. The lowest BCUT2D eigenvalue weighted by Crippen LogP contribution is -2.12. The first-order chi connectivity index (χ1) is 24.5. The molecule has 0 spiro atoms. The Labute approximate surface area is 290 Å². The van der Waals surface area contributed by atoms with Gasteiger partial charge in [-0.15, -0.1) is 0 Å². The fraction of sp³-hybridized carbons (Fsp3) is 0.300. The molecule has 4 aromatic carbocycles. The van der Waals surface area contributed by atoms with E-state index in [-0.39, 0.29) is 13.2 Å². The number of fused-ring (bicyclic) bond motifs is 3. The molecule has 0 unspecified atom stereocenters. The minimum absolute atomic E-state index is 0.0542. The van der Waals surface area contributed by atoms with Gasteiger partial charge in [-0.1, -0.05) is 54.6 Å². The molecule has 10 heteroatoms. The van der Waals surface area contributed by atoms with E-state index in [1.807, 2.05) is 77.0 Å². The lowest BCUT2D eigenvalue weighted by Gasteiger charge is -2.13. The van der Waals surface area contributed by atoms with E-state index in [1.165, 1.54) is 0 Å². The number of aliphatic hydroxyl groups is 1. The Morgan fingerprint density at radius 3 is 2.60 bits per heavy atom. The van der Waals surface area contributed by atoms with Crippen molar-refractivity contribution >= 4 is 33.3 Å². The summed E-state index contributed by atoms with van der Waals surface area (Å²) in [4.78, 5) is 13.1. The summed E-state index contributed by atoms with van der Waals surface area (Å²) in [5.74, 6) is 0.584. The topological polar surface area (TPSA) is 120 Å². The molecular formula is C40H42N4O6. The third-order valence-corrected chi connectivity index (χ3v) is 9.31. The number of benzene rings is 4. The molecule has 0 amide bonds. The number of carboxylic acids is 1. The second-order valence-corrected chi connectivity index (χ2v) is 12.5. The summed E-state index contributed by atoms with van der Waals surface area (Å²) >= 11 is 0. The van der Waals surface area contributed by atoms with Crippen LogP contribution in [-0.2, 0) is 38.0 Å². The van der Waals surface area contributed by atoms with Crippen molar-refractivity contribution in [1.82, 2.24) is 14.3 Å². The lowest BCUT2D eigenvalue weighted by atomic mass is 9.98. The molecule has 0 aliphatic carbocycles. The molecule has 0 saturated carbocycles. The van der Waals surface area contributed by atoms with Crippen LogP contribution in [0.4, 0.5) is 5.69 Å². The van der Waals surface area contributed by atoms with E-state index in [4.69, 9.17) is 24.4 Å². The van der Waals surface area contributed by atoms with Gasteiger partial charge in [0.15, 0.2) is 0 Å². The maximum Gasteiger partial charge on any atom is 0.352 e. The second kappa shape index (κ2) is 15.1. The Kier molecular flexibility index (Phi) is 10.00. The number of rotatable bonds is 12. The number of carboxylic acid groups (broad SMARTS) is 1. The van der Waals surface area contributed by atoms with E-state index in [0.29, 0.717) is 57.2 Å². The zero-order valence-corrected chi connectivity index (χ0v) is 28.2. The van der Waals surface area contributed by atoms with Gasteiger partial charge in [0.2, 0.25) is 0 Å². The molecule has 0 saturated heterocycles. The van der Waals surface area contributed by atoms with Crippen molar-refractivity contribution in [2.45, 2.75) is 45.4 Å². The van der Waals surface area contributed by atoms with Gasteiger partial charge in [-0.05, 0) is 67.0 Å². The molecule has 7 rings (SSSR count). The van der Waals surface area contributed by atoms with Gasteiger partial charge in [0.25, 0.3) is 0 Å². The van der Waals surface area contributed by atoms with E-state index >= 15 is 0 Å². The summed E-state index contributed by atoms with van der Waals surface area (Å²) in [6.07, 6.45) is 2.81. The number of nitrogens with zero attached hydrogens (tertiary/aromatic N) is 3. The minimum atomic E-state index is -0.935. The predicted octanol–water partition coefficient (Wildman–Crippen LogP) is 7.20. The first-order valence-electron chi connectivity index (χ1n) is 17.2. The van der Waals surface area contributed by atoms with Gasteiger partial charge in [-0.2, -0.15) is 5.10 Å². The maximum absolute atomic E-state index is 13.1. The summed E-state index contributed by atoms with van der Waals surface area (Å²) in [6.45, 7) is 2.71. The number of aliphatic hydroxyl groups excluding tert-OH is 1. The van der Waals surface area contributed by atoms with Crippen LogP contribution in [0.1, 0.15) is 46.7 Å². The molecule has 0 bridgehead atoms. The van der Waals surface area contributed by atoms with Crippen molar-refractivity contribution in [2.75, 3.05) is 31.7 Å². The second-order valence-electron chi connectivity index (χ2n) is 12.5. The molecule has 3 heterocycles. The smallest absolute Gasteiger partial charge is 0.352 e. The third kappa shape index (κ3) is 6.77. The average Bonchev–Trinajstić information content (AvgIpc) is 3.62. The Morgan fingerprint density at radius 2 is 1.76 bits per heavy atom. The van der Waals surface area contributed by atoms with Crippen molar-refractivity contribution in [3.8, 4) is 22.6 Å². The first-order valence-corrected chi connectivity index (χ1v) is 17.2. The number of aromatic carboxylic acids is 1. The highest BCUT2D eigenvalue weighted by molar-refractivity contribution is 6.04. The van der Waals surface area contributed by atoms with Crippen LogP contribution < -0.4 is 14.8 Å². The Morgan fingerprint density at radius 1 is 0.960 bits per heavy atom. The molecule has 258 valence electrons. The van der Waals surface area contributed by atoms with Crippen molar-refractivity contribution in [2.24, 2.45) is 7.05 Å². The normalized spacial score (nSPS) is 13.2. The maximum atomic E-state index is 13.1. The summed E-state index contributed by atoms with van der Waals surface area (Å²) < 4.78 is 22.5. The Hall–Kier alpha value is -5.32. The monoisotopic (exact) mass is 674 g/mol. The third-order valence-electron chi connectivity index (χ3n) is 9.31. The van der Waals surface area contributed by atoms with Crippen LogP contribution in [-0.4, -0.2) is 56.9 Å². The van der Waals surface area contributed by atoms with Crippen LogP contribution in [0.15, 0.2) is 84.9 Å². The quantitative estimate of drug-likeness (QED) is 0.117. The van der Waals surface area contributed by atoms with E-state index < -0.39 is 5.97 Å². The van der Waals surface area contributed by atoms with Gasteiger partial charge in [-0.3, -0.25) is 4.68 Å². The van der Waals surface area contributed by atoms with Crippen LogP contribution in [0.5, 0.6) is 11.5 Å². The Bertz CT molecular complexity index is 2110. The van der Waals surface area contributed by atoms with Crippen molar-refractivity contribution in [3.63, 3.8) is 0 Å².